The Bertz CT molecular complexity index is 286. The lowest BCUT2D eigenvalue weighted by molar-refractivity contribution is 0.145. The van der Waals surface area contributed by atoms with Crippen LogP contribution in [0.2, 0.25) is 0 Å². The number of halogens is 1. The van der Waals surface area contributed by atoms with E-state index in [0.717, 1.165) is 38.4 Å². The standard InChI is InChI=1S/C13H20FNO/c1-3-12(2)13(6-4-7-14)15-8-5-10-16-11-9-15/h3-4,6-7H,5,8-11H2,1-2H3/b7-4+,12-3-,13-6+. The Morgan fingerprint density at radius 1 is 1.31 bits per heavy atom. The molecule has 1 aliphatic rings. The van der Waals surface area contributed by atoms with Crippen LogP contribution in [0.4, 0.5) is 4.39 Å². The molecule has 0 saturated carbocycles. The minimum Gasteiger partial charge on any atom is -0.380 e. The van der Waals surface area contributed by atoms with Crippen LogP contribution in [0.3, 0.4) is 0 Å². The highest BCUT2D eigenvalue weighted by molar-refractivity contribution is 5.30. The Morgan fingerprint density at radius 2 is 2.12 bits per heavy atom. The summed E-state index contributed by atoms with van der Waals surface area (Å²) in [4.78, 5) is 2.25. The molecule has 1 fully saturated rings. The summed E-state index contributed by atoms with van der Waals surface area (Å²) in [6.07, 6.45) is 6.89. The number of hydrogen-bond acceptors (Lipinski definition) is 2. The van der Waals surface area contributed by atoms with Gasteiger partial charge in [-0.25, -0.2) is 4.39 Å². The summed E-state index contributed by atoms with van der Waals surface area (Å²) in [6.45, 7) is 7.44. The van der Waals surface area contributed by atoms with Crippen LogP contribution in [0.15, 0.2) is 35.8 Å². The molecule has 2 nitrogen and oxygen atoms in total. The molecule has 90 valence electrons. The molecule has 0 aromatic heterocycles. The molecular formula is C13H20FNO. The first kappa shape index (κ1) is 13.0. The predicted molar refractivity (Wildman–Crippen MR) is 64.8 cm³/mol. The van der Waals surface area contributed by atoms with Crippen molar-refractivity contribution < 1.29 is 9.13 Å². The summed E-state index contributed by atoms with van der Waals surface area (Å²) in [7, 11) is 0. The monoisotopic (exact) mass is 225 g/mol. The van der Waals surface area contributed by atoms with Gasteiger partial charge in [0.1, 0.15) is 0 Å². The normalized spacial score (nSPS) is 20.3. The van der Waals surface area contributed by atoms with Gasteiger partial charge in [0.05, 0.1) is 12.9 Å². The molecule has 0 aromatic rings. The van der Waals surface area contributed by atoms with Crippen LogP contribution in [-0.4, -0.2) is 31.2 Å². The fourth-order valence-corrected chi connectivity index (χ4v) is 1.75. The van der Waals surface area contributed by atoms with Crippen molar-refractivity contribution in [2.45, 2.75) is 20.3 Å². The maximum absolute atomic E-state index is 12.1. The highest BCUT2D eigenvalue weighted by Crippen LogP contribution is 2.17. The van der Waals surface area contributed by atoms with Gasteiger partial charge in [-0.05, 0) is 38.0 Å². The highest BCUT2D eigenvalue weighted by atomic mass is 19.1. The summed E-state index contributed by atoms with van der Waals surface area (Å²) >= 11 is 0. The van der Waals surface area contributed by atoms with Gasteiger partial charge < -0.3 is 9.64 Å². The van der Waals surface area contributed by atoms with Crippen molar-refractivity contribution in [1.82, 2.24) is 4.90 Å². The fraction of sp³-hybridized carbons (Fsp3) is 0.538. The van der Waals surface area contributed by atoms with Gasteiger partial charge >= 0.3 is 0 Å². The van der Waals surface area contributed by atoms with Gasteiger partial charge in [-0.3, -0.25) is 0 Å². The Balaban J connectivity index is 2.82. The van der Waals surface area contributed by atoms with Gasteiger partial charge in [-0.15, -0.1) is 0 Å². The van der Waals surface area contributed by atoms with Crippen molar-refractivity contribution in [1.29, 1.82) is 0 Å². The summed E-state index contributed by atoms with van der Waals surface area (Å²) in [5.41, 5.74) is 2.25. The highest BCUT2D eigenvalue weighted by Gasteiger charge is 2.12. The Labute approximate surface area is 97.1 Å². The van der Waals surface area contributed by atoms with E-state index in [4.69, 9.17) is 4.74 Å². The first-order valence-electron chi connectivity index (χ1n) is 5.72. The first-order chi connectivity index (χ1) is 7.79. The maximum Gasteiger partial charge on any atom is 0.0867 e. The Morgan fingerprint density at radius 3 is 2.81 bits per heavy atom. The van der Waals surface area contributed by atoms with Crippen LogP contribution in [0.5, 0.6) is 0 Å². The minimum absolute atomic E-state index is 0.567. The fourth-order valence-electron chi connectivity index (χ4n) is 1.75. The molecule has 0 aromatic carbocycles. The van der Waals surface area contributed by atoms with E-state index in [0.29, 0.717) is 6.33 Å². The van der Waals surface area contributed by atoms with Crippen molar-refractivity contribution in [2.24, 2.45) is 0 Å². The second-order valence-electron chi connectivity index (χ2n) is 3.80. The Hall–Kier alpha value is -1.09. The zero-order valence-electron chi connectivity index (χ0n) is 10.1. The summed E-state index contributed by atoms with van der Waals surface area (Å²) in [5.74, 6) is 0. The van der Waals surface area contributed by atoms with E-state index in [1.54, 1.807) is 0 Å². The topological polar surface area (TPSA) is 12.5 Å². The average Bonchev–Trinajstić information content (AvgIpc) is 2.58. The number of rotatable bonds is 3. The van der Waals surface area contributed by atoms with Crippen molar-refractivity contribution in [3.8, 4) is 0 Å². The van der Waals surface area contributed by atoms with Crippen LogP contribution >= 0.6 is 0 Å². The summed E-state index contributed by atoms with van der Waals surface area (Å²) in [5, 5.41) is 0. The molecule has 1 heterocycles. The van der Waals surface area contributed by atoms with E-state index >= 15 is 0 Å². The first-order valence-corrected chi connectivity index (χ1v) is 5.72. The predicted octanol–water partition coefficient (Wildman–Crippen LogP) is 3.04. The molecule has 0 aliphatic carbocycles. The largest absolute Gasteiger partial charge is 0.380 e. The average molecular weight is 225 g/mol. The third-order valence-electron chi connectivity index (χ3n) is 2.73. The van der Waals surface area contributed by atoms with E-state index in [-0.39, 0.29) is 0 Å². The number of allylic oxidation sites excluding steroid dienone is 4. The molecular weight excluding hydrogens is 205 g/mol. The van der Waals surface area contributed by atoms with Gasteiger partial charge in [-0.2, -0.15) is 0 Å². The van der Waals surface area contributed by atoms with Crippen LogP contribution in [0, 0.1) is 0 Å². The molecule has 0 spiro atoms. The minimum atomic E-state index is 0.567. The van der Waals surface area contributed by atoms with Gasteiger partial charge in [0.25, 0.3) is 0 Å². The van der Waals surface area contributed by atoms with Crippen LogP contribution in [-0.2, 0) is 4.74 Å². The van der Waals surface area contributed by atoms with Gasteiger partial charge in [0.2, 0.25) is 0 Å². The van der Waals surface area contributed by atoms with E-state index in [2.05, 4.69) is 4.90 Å². The number of nitrogens with zero attached hydrogens (tertiary/aromatic N) is 1. The zero-order valence-corrected chi connectivity index (χ0v) is 10.1. The third kappa shape index (κ3) is 3.81. The van der Waals surface area contributed by atoms with E-state index in [1.165, 1.54) is 11.6 Å². The lowest BCUT2D eigenvalue weighted by Gasteiger charge is -2.25. The molecule has 0 N–H and O–H groups in total. The molecule has 3 heteroatoms. The number of ether oxygens (including phenoxy) is 1. The van der Waals surface area contributed by atoms with Crippen molar-refractivity contribution in [2.75, 3.05) is 26.3 Å². The second-order valence-corrected chi connectivity index (χ2v) is 3.80. The second kappa shape index (κ2) is 7.23. The lowest BCUT2D eigenvalue weighted by atomic mass is 10.1. The van der Waals surface area contributed by atoms with Gasteiger partial charge in [-0.1, -0.05) is 6.08 Å². The molecule has 0 amide bonds. The maximum atomic E-state index is 12.1. The molecule has 0 atom stereocenters. The van der Waals surface area contributed by atoms with Crippen LogP contribution < -0.4 is 0 Å². The molecule has 0 bridgehead atoms. The molecule has 1 saturated heterocycles. The van der Waals surface area contributed by atoms with E-state index < -0.39 is 0 Å². The molecule has 1 rings (SSSR count). The molecule has 16 heavy (non-hydrogen) atoms. The quantitative estimate of drug-likeness (QED) is 0.684. The Kier molecular flexibility index (Phi) is 5.86. The summed E-state index contributed by atoms with van der Waals surface area (Å²) < 4.78 is 17.5. The van der Waals surface area contributed by atoms with E-state index in [9.17, 15) is 4.39 Å². The van der Waals surface area contributed by atoms with Crippen LogP contribution in [0.25, 0.3) is 0 Å². The van der Waals surface area contributed by atoms with Crippen molar-refractivity contribution >= 4 is 0 Å². The third-order valence-corrected chi connectivity index (χ3v) is 2.73. The molecule has 0 radical (unpaired) electrons. The van der Waals surface area contributed by atoms with Crippen molar-refractivity contribution in [3.63, 3.8) is 0 Å². The lowest BCUT2D eigenvalue weighted by Crippen LogP contribution is -2.26. The smallest absolute Gasteiger partial charge is 0.0867 e. The van der Waals surface area contributed by atoms with Gasteiger partial charge in [0, 0.05) is 25.4 Å². The SMILES string of the molecule is C\C=C(C)/C(=C\C=C\F)N1CCCOCC1. The molecule has 0 unspecified atom stereocenters. The van der Waals surface area contributed by atoms with E-state index in [1.807, 2.05) is 26.0 Å². The van der Waals surface area contributed by atoms with Crippen molar-refractivity contribution in [3.05, 3.63) is 35.8 Å². The zero-order chi connectivity index (χ0) is 11.8. The number of hydrogen-bond donors (Lipinski definition) is 0. The van der Waals surface area contributed by atoms with Gasteiger partial charge in [0.15, 0.2) is 0 Å². The summed E-state index contributed by atoms with van der Waals surface area (Å²) in [6, 6.07) is 0. The van der Waals surface area contributed by atoms with Crippen LogP contribution in [0.1, 0.15) is 20.3 Å². The molecule has 1 aliphatic heterocycles.